The summed E-state index contributed by atoms with van der Waals surface area (Å²) in [5, 5.41) is 12.0. The molecule has 1 heterocycles. The second kappa shape index (κ2) is 18.1. The summed E-state index contributed by atoms with van der Waals surface area (Å²) in [7, 11) is 1.47. The van der Waals surface area contributed by atoms with E-state index in [4.69, 9.17) is 26.8 Å². The molecule has 3 atom stereocenters. The van der Waals surface area contributed by atoms with E-state index in [1.165, 1.54) is 16.8 Å². The third kappa shape index (κ3) is 11.2. The van der Waals surface area contributed by atoms with E-state index in [1.54, 1.807) is 32.9 Å². The number of terminal acetylenes is 1. The average molecular weight is 719 g/mol. The number of nitrogens with two attached hydrogens (primary N) is 2. The van der Waals surface area contributed by atoms with Crippen molar-refractivity contribution in [1.82, 2.24) is 20.4 Å². The highest BCUT2D eigenvalue weighted by Gasteiger charge is 2.45. The highest BCUT2D eigenvalue weighted by atomic mass is 32.2. The van der Waals surface area contributed by atoms with Crippen LogP contribution in [0.1, 0.15) is 76.0 Å². The van der Waals surface area contributed by atoms with Crippen molar-refractivity contribution in [1.29, 1.82) is 0 Å². The zero-order valence-corrected chi connectivity index (χ0v) is 30.7. The van der Waals surface area contributed by atoms with Crippen molar-refractivity contribution in [3.63, 3.8) is 0 Å². The van der Waals surface area contributed by atoms with Crippen LogP contribution in [-0.2, 0) is 30.5 Å². The van der Waals surface area contributed by atoms with Gasteiger partial charge >= 0.3 is 6.09 Å². The van der Waals surface area contributed by atoms with Crippen LogP contribution in [-0.4, -0.2) is 77.5 Å². The number of hydrogen-bond donors (Lipinski definition) is 4. The Morgan fingerprint density at radius 3 is 2.33 bits per heavy atom. The van der Waals surface area contributed by atoms with E-state index in [9.17, 15) is 19.2 Å². The Kier molecular flexibility index (Phi) is 14.0. The number of likely N-dealkylation sites (N-methyl/N-ethyl adjacent to an activating group) is 1. The Morgan fingerprint density at radius 2 is 1.73 bits per heavy atom. The Bertz CT molecular complexity index is 1600. The molecule has 0 aromatic heterocycles. The number of carbonyl (C=O) groups excluding carboxylic acids is 4. The molecular formula is C38H50N6O6S. The van der Waals surface area contributed by atoms with Gasteiger partial charge in [-0.2, -0.15) is 0 Å². The normalized spacial score (nSPS) is 18.9. The molecule has 0 bridgehead atoms. The standard InChI is InChI=1S/C38H50N6O6S/c1-6-25-17-19-26(20-18-25)24-49-29-21-30(34(46)42-35(51-40)32(39)27-13-9-7-10-14-27)44(22-29)36(47)33(28-15-11-8-12-16-28)41-31(45)23-43(5)37(48)50-38(2,3)4/h1,7,9-10,13-14,17-20,28-30,33H,8,11-12,15-16,21-24,39-40H2,2-5H3,(H,41,45)(H,42,46)/b35-32-. The quantitative estimate of drug-likeness (QED) is 0.187. The lowest BCUT2D eigenvalue weighted by Crippen LogP contribution is -2.57. The second-order valence-electron chi connectivity index (χ2n) is 14.0. The Labute approximate surface area is 305 Å². The summed E-state index contributed by atoms with van der Waals surface area (Å²) in [5.74, 6) is 1.08. The van der Waals surface area contributed by atoms with Gasteiger partial charge in [0.05, 0.1) is 18.4 Å². The van der Waals surface area contributed by atoms with E-state index in [2.05, 4.69) is 16.6 Å². The van der Waals surface area contributed by atoms with Crippen LogP contribution in [0.4, 0.5) is 4.79 Å². The molecule has 2 aromatic rings. The van der Waals surface area contributed by atoms with Gasteiger partial charge in [-0.05, 0) is 69.2 Å². The van der Waals surface area contributed by atoms with Crippen molar-refractivity contribution in [2.24, 2.45) is 16.8 Å². The van der Waals surface area contributed by atoms with Crippen LogP contribution in [0.3, 0.4) is 0 Å². The van der Waals surface area contributed by atoms with Crippen LogP contribution in [0.15, 0.2) is 59.6 Å². The molecule has 2 aliphatic rings. The van der Waals surface area contributed by atoms with Gasteiger partial charge in [-0.25, -0.2) is 4.79 Å². The van der Waals surface area contributed by atoms with Crippen molar-refractivity contribution >= 4 is 41.5 Å². The first kappa shape index (κ1) is 39.3. The number of nitrogens with one attached hydrogen (secondary N) is 2. The van der Waals surface area contributed by atoms with Crippen molar-refractivity contribution in [3.8, 4) is 12.3 Å². The fourth-order valence-electron chi connectivity index (χ4n) is 6.29. The molecule has 0 spiro atoms. The number of rotatable bonds is 12. The molecule has 274 valence electrons. The lowest BCUT2D eigenvalue weighted by Gasteiger charge is -2.35. The molecule has 1 saturated heterocycles. The van der Waals surface area contributed by atoms with Gasteiger partial charge in [0.15, 0.2) is 0 Å². The first-order chi connectivity index (χ1) is 24.3. The molecule has 12 nitrogen and oxygen atoms in total. The largest absolute Gasteiger partial charge is 0.444 e. The Morgan fingerprint density at radius 1 is 1.06 bits per heavy atom. The number of amides is 4. The minimum Gasteiger partial charge on any atom is -0.444 e. The van der Waals surface area contributed by atoms with Gasteiger partial charge < -0.3 is 35.6 Å². The molecule has 1 saturated carbocycles. The lowest BCUT2D eigenvalue weighted by atomic mass is 9.83. The number of benzene rings is 2. The molecule has 1 aliphatic heterocycles. The van der Waals surface area contributed by atoms with Gasteiger partial charge in [0.1, 0.15) is 29.3 Å². The SMILES string of the molecule is C#Cc1ccc(COC2CC(C(=O)N/C(SN)=C(/N)c3ccccc3)N(C(=O)C(NC(=O)CN(C)C(=O)OC(C)(C)C)C3CCCCC3)C2)cc1. The zero-order chi connectivity index (χ0) is 37.1. The summed E-state index contributed by atoms with van der Waals surface area (Å²) in [4.78, 5) is 57.3. The van der Waals surface area contributed by atoms with Crippen LogP contribution in [0.5, 0.6) is 0 Å². The van der Waals surface area contributed by atoms with E-state index in [-0.39, 0.29) is 48.7 Å². The zero-order valence-electron chi connectivity index (χ0n) is 29.9. The maximum Gasteiger partial charge on any atom is 0.410 e. The number of hydrogen-bond acceptors (Lipinski definition) is 9. The van der Waals surface area contributed by atoms with Crippen molar-refractivity contribution < 1.29 is 28.7 Å². The predicted octanol–water partition coefficient (Wildman–Crippen LogP) is 4.09. The van der Waals surface area contributed by atoms with E-state index in [1.807, 2.05) is 42.5 Å². The Hall–Kier alpha value is -4.51. The van der Waals surface area contributed by atoms with Gasteiger partial charge in [0, 0.05) is 31.1 Å². The Balaban J connectivity index is 1.58. The second-order valence-corrected chi connectivity index (χ2v) is 14.7. The summed E-state index contributed by atoms with van der Waals surface area (Å²) in [6, 6.07) is 14.7. The number of likely N-dealkylation sites (tertiary alicyclic amines) is 1. The molecule has 4 amide bonds. The highest BCUT2D eigenvalue weighted by Crippen LogP contribution is 2.31. The van der Waals surface area contributed by atoms with Gasteiger partial charge in [0.2, 0.25) is 17.7 Å². The fraction of sp³-hybridized carbons (Fsp3) is 0.474. The number of ether oxygens (including phenoxy) is 2. The molecular weight excluding hydrogens is 669 g/mol. The molecule has 0 radical (unpaired) electrons. The van der Waals surface area contributed by atoms with Crippen LogP contribution in [0.2, 0.25) is 0 Å². The monoisotopic (exact) mass is 718 g/mol. The number of nitrogens with zero attached hydrogens (tertiary/aromatic N) is 2. The smallest absolute Gasteiger partial charge is 0.410 e. The summed E-state index contributed by atoms with van der Waals surface area (Å²) in [6.45, 7) is 5.29. The van der Waals surface area contributed by atoms with E-state index < -0.39 is 41.7 Å². The van der Waals surface area contributed by atoms with Crippen LogP contribution in [0, 0.1) is 18.3 Å². The summed E-state index contributed by atoms with van der Waals surface area (Å²) < 4.78 is 11.7. The molecule has 13 heteroatoms. The summed E-state index contributed by atoms with van der Waals surface area (Å²) in [5.41, 5.74) is 8.28. The topological polar surface area (TPSA) is 169 Å². The molecule has 1 aliphatic carbocycles. The van der Waals surface area contributed by atoms with Crippen LogP contribution in [0.25, 0.3) is 5.70 Å². The molecule has 51 heavy (non-hydrogen) atoms. The van der Waals surface area contributed by atoms with Gasteiger partial charge in [-0.3, -0.25) is 19.5 Å². The molecule has 3 unspecified atom stereocenters. The number of carbonyl (C=O) groups is 4. The first-order valence-corrected chi connectivity index (χ1v) is 18.1. The van der Waals surface area contributed by atoms with Crippen molar-refractivity contribution in [3.05, 3.63) is 76.3 Å². The summed E-state index contributed by atoms with van der Waals surface area (Å²) in [6.07, 6.45) is 8.91. The van der Waals surface area contributed by atoms with E-state index >= 15 is 0 Å². The summed E-state index contributed by atoms with van der Waals surface area (Å²) >= 11 is 0.804. The fourth-order valence-corrected chi connectivity index (χ4v) is 6.70. The van der Waals surface area contributed by atoms with Crippen molar-refractivity contribution in [2.45, 2.75) is 89.7 Å². The van der Waals surface area contributed by atoms with E-state index in [0.717, 1.165) is 55.2 Å². The average Bonchev–Trinajstić information content (AvgIpc) is 3.56. The maximum atomic E-state index is 14.6. The van der Waals surface area contributed by atoms with Gasteiger partial charge in [-0.15, -0.1) is 6.42 Å². The predicted molar refractivity (Wildman–Crippen MR) is 198 cm³/mol. The van der Waals surface area contributed by atoms with Crippen molar-refractivity contribution in [2.75, 3.05) is 20.1 Å². The van der Waals surface area contributed by atoms with Gasteiger partial charge in [0.25, 0.3) is 0 Å². The third-order valence-corrected chi connectivity index (χ3v) is 9.49. The van der Waals surface area contributed by atoms with Crippen LogP contribution >= 0.6 is 11.9 Å². The molecule has 6 N–H and O–H groups in total. The minimum atomic E-state index is -0.940. The van der Waals surface area contributed by atoms with E-state index in [0.29, 0.717) is 5.56 Å². The molecule has 2 aromatic carbocycles. The third-order valence-electron chi connectivity index (χ3n) is 8.93. The molecule has 2 fully saturated rings. The maximum absolute atomic E-state index is 14.6. The first-order valence-electron chi connectivity index (χ1n) is 17.2. The minimum absolute atomic E-state index is 0.124. The molecule has 4 rings (SSSR count). The van der Waals surface area contributed by atoms with Crippen LogP contribution < -0.4 is 21.5 Å². The lowest BCUT2D eigenvalue weighted by molar-refractivity contribution is -0.143. The van der Waals surface area contributed by atoms with Gasteiger partial charge in [-0.1, -0.05) is 67.6 Å². The highest BCUT2D eigenvalue weighted by molar-refractivity contribution is 8.01.